The number of likely N-dealkylation sites (tertiary alicyclic amines) is 1. The third-order valence-electron chi connectivity index (χ3n) is 3.28. The lowest BCUT2D eigenvalue weighted by Gasteiger charge is -2.29. The van der Waals surface area contributed by atoms with Crippen molar-refractivity contribution in [2.24, 2.45) is 0 Å². The van der Waals surface area contributed by atoms with Gasteiger partial charge in [0.15, 0.2) is 0 Å². The molecule has 5 nitrogen and oxygen atoms in total. The second kappa shape index (κ2) is 4.88. The van der Waals surface area contributed by atoms with Crippen LogP contribution in [0, 0.1) is 0 Å². The van der Waals surface area contributed by atoms with Crippen molar-refractivity contribution in [3.05, 3.63) is 0 Å². The molecular formula is C13H21NO4. The van der Waals surface area contributed by atoms with Crippen LogP contribution in [-0.2, 0) is 19.1 Å². The molecule has 0 N–H and O–H groups in total. The van der Waals surface area contributed by atoms with E-state index in [1.54, 1.807) is 0 Å². The van der Waals surface area contributed by atoms with Gasteiger partial charge >= 0.3 is 11.9 Å². The van der Waals surface area contributed by atoms with Crippen LogP contribution in [0.5, 0.6) is 0 Å². The van der Waals surface area contributed by atoms with Gasteiger partial charge in [-0.1, -0.05) is 0 Å². The van der Waals surface area contributed by atoms with Crippen molar-refractivity contribution in [1.29, 1.82) is 0 Å². The molecule has 2 heterocycles. The molecule has 102 valence electrons. The molecule has 0 bridgehead atoms. The summed E-state index contributed by atoms with van der Waals surface area (Å²) in [7, 11) is 0. The summed E-state index contributed by atoms with van der Waals surface area (Å²) in [5.74, 6) is -0.426. The third kappa shape index (κ3) is 2.83. The summed E-state index contributed by atoms with van der Waals surface area (Å²) >= 11 is 0. The Morgan fingerprint density at radius 3 is 2.67 bits per heavy atom. The monoisotopic (exact) mass is 255 g/mol. The maximum Gasteiger partial charge on any atom is 0.323 e. The van der Waals surface area contributed by atoms with Crippen molar-refractivity contribution in [2.45, 2.75) is 57.7 Å². The van der Waals surface area contributed by atoms with E-state index in [0.717, 1.165) is 19.4 Å². The third-order valence-corrected chi connectivity index (χ3v) is 3.28. The number of hydrogen-bond acceptors (Lipinski definition) is 5. The predicted octanol–water partition coefficient (Wildman–Crippen LogP) is 1.11. The number of cyclic esters (lactones) is 1. The fourth-order valence-corrected chi connectivity index (χ4v) is 2.57. The molecule has 2 aliphatic rings. The van der Waals surface area contributed by atoms with Crippen LogP contribution >= 0.6 is 0 Å². The fourth-order valence-electron chi connectivity index (χ4n) is 2.57. The zero-order chi connectivity index (χ0) is 13.3. The molecule has 2 saturated heterocycles. The molecule has 0 spiro atoms. The zero-order valence-corrected chi connectivity index (χ0v) is 11.3. The van der Waals surface area contributed by atoms with Crippen LogP contribution in [0.1, 0.15) is 40.0 Å². The first-order valence-electron chi connectivity index (χ1n) is 6.54. The molecule has 5 heteroatoms. The standard InChI is InChI=1S/C13H21NO4/c1-13(2,3)18-12(16)9-5-4-7-14(9)10-6-8-17-11(10)15/h9-10H,4-8H2,1-3H3/t9-,10?/m0/s1. The highest BCUT2D eigenvalue weighted by atomic mass is 16.6. The number of carbonyl (C=O) groups is 2. The Hall–Kier alpha value is -1.10. The van der Waals surface area contributed by atoms with E-state index >= 15 is 0 Å². The van der Waals surface area contributed by atoms with E-state index in [1.807, 2.05) is 25.7 Å². The Morgan fingerprint density at radius 1 is 1.39 bits per heavy atom. The van der Waals surface area contributed by atoms with Gasteiger partial charge in [0, 0.05) is 6.42 Å². The summed E-state index contributed by atoms with van der Waals surface area (Å²) in [5.41, 5.74) is -0.485. The molecular weight excluding hydrogens is 234 g/mol. The minimum atomic E-state index is -0.485. The molecule has 0 amide bonds. The minimum absolute atomic E-state index is 0.203. The molecule has 0 aromatic rings. The molecule has 18 heavy (non-hydrogen) atoms. The number of hydrogen-bond donors (Lipinski definition) is 0. The first kappa shape index (κ1) is 13.3. The van der Waals surface area contributed by atoms with Crippen molar-refractivity contribution in [3.63, 3.8) is 0 Å². The predicted molar refractivity (Wildman–Crippen MR) is 64.9 cm³/mol. The first-order valence-corrected chi connectivity index (χ1v) is 6.54. The normalized spacial score (nSPS) is 29.4. The highest BCUT2D eigenvalue weighted by Gasteiger charge is 2.42. The number of carbonyl (C=O) groups excluding carboxylic acids is 2. The Balaban J connectivity index is 2.03. The number of esters is 2. The topological polar surface area (TPSA) is 55.8 Å². The average Bonchev–Trinajstić information content (AvgIpc) is 2.82. The van der Waals surface area contributed by atoms with Crippen LogP contribution in [0.25, 0.3) is 0 Å². The summed E-state index contributed by atoms with van der Waals surface area (Å²) in [5, 5.41) is 0. The average molecular weight is 255 g/mol. The lowest BCUT2D eigenvalue weighted by Crippen LogP contribution is -2.47. The van der Waals surface area contributed by atoms with Gasteiger partial charge in [-0.05, 0) is 40.2 Å². The largest absolute Gasteiger partial charge is 0.464 e. The van der Waals surface area contributed by atoms with Gasteiger partial charge in [-0.3, -0.25) is 14.5 Å². The van der Waals surface area contributed by atoms with Gasteiger partial charge in [-0.2, -0.15) is 0 Å². The van der Waals surface area contributed by atoms with Crippen LogP contribution in [0.2, 0.25) is 0 Å². The SMILES string of the molecule is CC(C)(C)OC(=O)[C@@H]1CCCN1C1CCOC1=O. The number of ether oxygens (including phenoxy) is 2. The molecule has 0 radical (unpaired) electrons. The van der Waals surface area contributed by atoms with Crippen LogP contribution < -0.4 is 0 Å². The van der Waals surface area contributed by atoms with Gasteiger partial charge in [0.1, 0.15) is 17.7 Å². The quantitative estimate of drug-likeness (QED) is 0.692. The molecule has 0 aromatic heterocycles. The fraction of sp³-hybridized carbons (Fsp3) is 0.846. The molecule has 2 atom stereocenters. The van der Waals surface area contributed by atoms with Crippen molar-refractivity contribution < 1.29 is 19.1 Å². The van der Waals surface area contributed by atoms with Gasteiger partial charge < -0.3 is 9.47 Å². The summed E-state index contributed by atoms with van der Waals surface area (Å²) in [6.45, 7) is 6.79. The maximum atomic E-state index is 12.1. The van der Waals surface area contributed by atoms with E-state index in [-0.39, 0.29) is 24.0 Å². The second-order valence-corrected chi connectivity index (χ2v) is 5.90. The smallest absolute Gasteiger partial charge is 0.323 e. The van der Waals surface area contributed by atoms with Gasteiger partial charge in [0.25, 0.3) is 0 Å². The second-order valence-electron chi connectivity index (χ2n) is 5.90. The Labute approximate surface area is 107 Å². The first-order chi connectivity index (χ1) is 8.38. The zero-order valence-electron chi connectivity index (χ0n) is 11.3. The van der Waals surface area contributed by atoms with E-state index in [1.165, 1.54) is 0 Å². The van der Waals surface area contributed by atoms with Crippen LogP contribution in [0.4, 0.5) is 0 Å². The van der Waals surface area contributed by atoms with Gasteiger partial charge in [-0.15, -0.1) is 0 Å². The van der Waals surface area contributed by atoms with Gasteiger partial charge in [0.05, 0.1) is 6.61 Å². The summed E-state index contributed by atoms with van der Waals surface area (Å²) < 4.78 is 10.4. The maximum absolute atomic E-state index is 12.1. The van der Waals surface area contributed by atoms with E-state index < -0.39 is 5.60 Å². The lowest BCUT2D eigenvalue weighted by molar-refractivity contribution is -0.161. The molecule has 0 aromatic carbocycles. The van der Waals surface area contributed by atoms with E-state index in [4.69, 9.17) is 9.47 Å². The molecule has 0 aliphatic carbocycles. The van der Waals surface area contributed by atoms with Crippen molar-refractivity contribution >= 4 is 11.9 Å². The van der Waals surface area contributed by atoms with Crippen molar-refractivity contribution in [2.75, 3.05) is 13.2 Å². The molecule has 2 aliphatic heterocycles. The van der Waals surface area contributed by atoms with Gasteiger partial charge in [-0.25, -0.2) is 0 Å². The summed E-state index contributed by atoms with van der Waals surface area (Å²) in [4.78, 5) is 25.7. The molecule has 0 saturated carbocycles. The Morgan fingerprint density at radius 2 is 2.11 bits per heavy atom. The lowest BCUT2D eigenvalue weighted by atomic mass is 10.1. The van der Waals surface area contributed by atoms with Crippen molar-refractivity contribution in [3.8, 4) is 0 Å². The highest BCUT2D eigenvalue weighted by molar-refractivity contribution is 5.81. The highest BCUT2D eigenvalue weighted by Crippen LogP contribution is 2.27. The van der Waals surface area contributed by atoms with E-state index in [0.29, 0.717) is 13.0 Å². The van der Waals surface area contributed by atoms with E-state index in [2.05, 4.69) is 0 Å². The van der Waals surface area contributed by atoms with E-state index in [9.17, 15) is 9.59 Å². The number of nitrogens with zero attached hydrogens (tertiary/aromatic N) is 1. The Kier molecular flexibility index (Phi) is 3.61. The van der Waals surface area contributed by atoms with Crippen LogP contribution in [0.15, 0.2) is 0 Å². The summed E-state index contributed by atoms with van der Waals surface area (Å²) in [6.07, 6.45) is 2.37. The van der Waals surface area contributed by atoms with Crippen molar-refractivity contribution in [1.82, 2.24) is 4.90 Å². The minimum Gasteiger partial charge on any atom is -0.464 e. The van der Waals surface area contributed by atoms with Gasteiger partial charge in [0.2, 0.25) is 0 Å². The Bertz CT molecular complexity index is 347. The summed E-state index contributed by atoms with van der Waals surface area (Å²) in [6, 6.07) is -0.551. The molecule has 1 unspecified atom stereocenters. The number of rotatable bonds is 2. The van der Waals surface area contributed by atoms with Crippen LogP contribution in [0.3, 0.4) is 0 Å². The molecule has 2 fully saturated rings. The molecule has 2 rings (SSSR count). The van der Waals surface area contributed by atoms with Crippen LogP contribution in [-0.4, -0.2) is 47.7 Å².